The summed E-state index contributed by atoms with van der Waals surface area (Å²) in [7, 11) is -3.37. The molecule has 0 aliphatic rings. The minimum absolute atomic E-state index is 0. The first-order chi connectivity index (χ1) is 1.73. The minimum Gasteiger partial charge on any atom is -0.854 e. The zero-order valence-electron chi connectivity index (χ0n) is 3.03. The summed E-state index contributed by atoms with van der Waals surface area (Å²) < 4.78 is 0. The molecule has 0 rings (SSSR count). The van der Waals surface area contributed by atoms with Crippen molar-refractivity contribution in [2.24, 2.45) is 0 Å². The Morgan fingerprint density at radius 3 is 1.20 bits per heavy atom. The molecule has 0 saturated carbocycles. The van der Waals surface area contributed by atoms with Crippen molar-refractivity contribution >= 4 is 8.60 Å². The van der Waals surface area contributed by atoms with Crippen molar-refractivity contribution in [2.45, 2.75) is 0 Å². The first-order valence-corrected chi connectivity index (χ1v) is 1.64. The topological polar surface area (TPSA) is 69.2 Å². The van der Waals surface area contributed by atoms with Crippen LogP contribution in [0.15, 0.2) is 0 Å². The molecule has 0 fully saturated rings. The van der Waals surface area contributed by atoms with Crippen LogP contribution < -0.4 is 14.7 Å². The van der Waals surface area contributed by atoms with Crippen LogP contribution in [0.3, 0.4) is 0 Å². The predicted molar refractivity (Wildman–Crippen MR) is 8.03 cm³/mol. The Hall–Kier alpha value is 0.829. The molecular weight excluding hydrogens is 135 g/mol. The normalized spacial score (nSPS) is 7.20. The number of rotatable bonds is 0. The monoisotopic (exact) mass is 136 g/mol. The first-order valence-electron chi connectivity index (χ1n) is 0.548. The fourth-order valence-corrected chi connectivity index (χ4v) is 0. The third kappa shape index (κ3) is 56.2. The van der Waals surface area contributed by atoms with Crippen molar-refractivity contribution in [3.8, 4) is 0 Å². The van der Waals surface area contributed by atoms with E-state index in [0.717, 1.165) is 0 Å². The Bertz CT molecular complexity index is 15.5. The van der Waals surface area contributed by atoms with Gasteiger partial charge in [0.05, 0.1) is 0 Å². The summed E-state index contributed by atoms with van der Waals surface area (Å²) in [4.78, 5) is 25.4. The molecular formula is HFeO3P+. The van der Waals surface area contributed by atoms with Gasteiger partial charge in [-0.25, -0.2) is 0 Å². The van der Waals surface area contributed by atoms with Crippen LogP contribution in [0.5, 0.6) is 0 Å². The van der Waals surface area contributed by atoms with Gasteiger partial charge in [0.25, 0.3) is 0 Å². The maximum Gasteiger partial charge on any atom is 3.00 e. The smallest absolute Gasteiger partial charge is 0.854 e. The Kier molecular flexibility index (Phi) is 8.96. The van der Waals surface area contributed by atoms with Gasteiger partial charge in [0.15, 0.2) is 0 Å². The van der Waals surface area contributed by atoms with Crippen LogP contribution in [-0.2, 0) is 17.1 Å². The van der Waals surface area contributed by atoms with Gasteiger partial charge in [-0.2, -0.15) is 0 Å². The van der Waals surface area contributed by atoms with E-state index in [4.69, 9.17) is 14.7 Å². The summed E-state index contributed by atoms with van der Waals surface area (Å²) in [5.41, 5.74) is 0. The summed E-state index contributed by atoms with van der Waals surface area (Å²) in [5.74, 6) is 0. The van der Waals surface area contributed by atoms with Gasteiger partial charge in [-0.05, 0) is 0 Å². The molecule has 0 saturated heterocycles. The van der Waals surface area contributed by atoms with Gasteiger partial charge in [0, 0.05) is 0 Å². The maximum absolute atomic E-state index is 8.48. The van der Waals surface area contributed by atoms with Crippen molar-refractivity contribution in [1.29, 1.82) is 0 Å². The quantitative estimate of drug-likeness (QED) is 0.271. The Morgan fingerprint density at radius 2 is 1.20 bits per heavy atom. The van der Waals surface area contributed by atoms with Crippen LogP contribution in [0.4, 0.5) is 0 Å². The van der Waals surface area contributed by atoms with E-state index in [0.29, 0.717) is 0 Å². The van der Waals surface area contributed by atoms with E-state index in [2.05, 4.69) is 0 Å². The molecule has 0 heterocycles. The molecule has 0 unspecified atom stereocenters. The van der Waals surface area contributed by atoms with Crippen LogP contribution in [0.2, 0.25) is 0 Å². The summed E-state index contributed by atoms with van der Waals surface area (Å²) in [6.07, 6.45) is 0. The van der Waals surface area contributed by atoms with E-state index >= 15 is 0 Å². The summed E-state index contributed by atoms with van der Waals surface area (Å²) in [6, 6.07) is 0. The van der Waals surface area contributed by atoms with Crippen LogP contribution >= 0.6 is 8.60 Å². The molecule has 0 aromatic carbocycles. The second-order valence-corrected chi connectivity index (χ2v) is 0.671. The zero-order chi connectivity index (χ0) is 3.58. The van der Waals surface area contributed by atoms with Crippen molar-refractivity contribution in [1.82, 2.24) is 0 Å². The zero-order valence-corrected chi connectivity index (χ0v) is 4.02. The fourth-order valence-electron chi connectivity index (χ4n) is 0. The Balaban J connectivity index is -0.0000000450. The van der Waals surface area contributed by atoms with Gasteiger partial charge in [0.1, 0.15) is 0 Å². The SMILES string of the molecule is [Fe+3].[H+].[O-]P([O-])[O-]. The van der Waals surface area contributed by atoms with Gasteiger partial charge < -0.3 is 23.3 Å². The molecule has 5 heteroatoms. The second kappa shape index (κ2) is 4.83. The van der Waals surface area contributed by atoms with Gasteiger partial charge in [-0.15, -0.1) is 0 Å². The third-order valence-corrected chi connectivity index (χ3v) is 0. The second-order valence-electron chi connectivity index (χ2n) is 0.224. The van der Waals surface area contributed by atoms with Crippen LogP contribution in [-0.4, -0.2) is 0 Å². The molecule has 31 valence electrons. The van der Waals surface area contributed by atoms with Gasteiger partial charge >= 0.3 is 18.5 Å². The number of hydrogen-bond donors (Lipinski definition) is 0. The Labute approximate surface area is 42.6 Å². The summed E-state index contributed by atoms with van der Waals surface area (Å²) in [5, 5.41) is 0. The van der Waals surface area contributed by atoms with Gasteiger partial charge in [-0.3, -0.25) is 0 Å². The molecule has 0 atom stereocenters. The summed E-state index contributed by atoms with van der Waals surface area (Å²) in [6.45, 7) is 0. The molecule has 1 radical (unpaired) electrons. The molecule has 0 aliphatic heterocycles. The van der Waals surface area contributed by atoms with E-state index in [1.165, 1.54) is 0 Å². The molecule has 0 spiro atoms. The number of hydrogen-bond acceptors (Lipinski definition) is 3. The van der Waals surface area contributed by atoms with Crippen LogP contribution in [0.1, 0.15) is 1.43 Å². The van der Waals surface area contributed by atoms with Crippen molar-refractivity contribution in [2.75, 3.05) is 0 Å². The van der Waals surface area contributed by atoms with Gasteiger partial charge in [-0.1, -0.05) is 0 Å². The average Bonchev–Trinajstić information content (AvgIpc) is 0.811. The van der Waals surface area contributed by atoms with E-state index in [1.807, 2.05) is 0 Å². The average molecular weight is 136 g/mol. The summed E-state index contributed by atoms with van der Waals surface area (Å²) >= 11 is 0. The van der Waals surface area contributed by atoms with E-state index in [1.54, 1.807) is 0 Å². The molecule has 0 bridgehead atoms. The molecule has 3 nitrogen and oxygen atoms in total. The first kappa shape index (κ1) is 9.27. The predicted octanol–water partition coefficient (Wildman–Crippen LogP) is -2.60. The molecule has 0 aliphatic carbocycles. The third-order valence-electron chi connectivity index (χ3n) is 0. The molecule has 0 aromatic rings. The fraction of sp³-hybridized carbons (Fsp3) is 0. The Morgan fingerprint density at radius 1 is 1.20 bits per heavy atom. The van der Waals surface area contributed by atoms with E-state index in [-0.39, 0.29) is 18.5 Å². The molecule has 0 amide bonds. The molecule has 0 N–H and O–H groups in total. The molecule has 0 aromatic heterocycles. The van der Waals surface area contributed by atoms with Crippen molar-refractivity contribution in [3.63, 3.8) is 0 Å². The largest absolute Gasteiger partial charge is 3.00 e. The standard InChI is InChI=1S/Fe.O3P/c;1-4(2)3/q+3;-3/p+1. The van der Waals surface area contributed by atoms with Gasteiger partial charge in [0.2, 0.25) is 0 Å². The van der Waals surface area contributed by atoms with Crippen molar-refractivity contribution in [3.05, 3.63) is 0 Å². The van der Waals surface area contributed by atoms with E-state index in [9.17, 15) is 0 Å². The van der Waals surface area contributed by atoms with Crippen LogP contribution in [0.25, 0.3) is 0 Å². The minimum atomic E-state index is -3.37. The molecule has 5 heavy (non-hydrogen) atoms. The maximum atomic E-state index is 8.48. The van der Waals surface area contributed by atoms with E-state index < -0.39 is 8.60 Å². The van der Waals surface area contributed by atoms with Crippen molar-refractivity contribution < 1.29 is 33.2 Å². The van der Waals surface area contributed by atoms with Crippen LogP contribution in [0, 0.1) is 0 Å².